The number of nitrogens with zero attached hydrogens (tertiary/aromatic N) is 1. The summed E-state index contributed by atoms with van der Waals surface area (Å²) in [6, 6.07) is 9.10. The van der Waals surface area contributed by atoms with Gasteiger partial charge in [-0.25, -0.2) is 8.78 Å². The van der Waals surface area contributed by atoms with Gasteiger partial charge in [-0.15, -0.1) is 0 Å². The van der Waals surface area contributed by atoms with Crippen molar-refractivity contribution < 1.29 is 8.78 Å². The van der Waals surface area contributed by atoms with Crippen molar-refractivity contribution in [1.82, 2.24) is 4.57 Å². The van der Waals surface area contributed by atoms with Crippen LogP contribution < -0.4 is 5.73 Å². The van der Waals surface area contributed by atoms with Crippen LogP contribution in [-0.4, -0.2) is 4.57 Å². The van der Waals surface area contributed by atoms with E-state index in [1.807, 2.05) is 22.9 Å². The summed E-state index contributed by atoms with van der Waals surface area (Å²) in [5.41, 5.74) is 8.00. The third-order valence-electron chi connectivity index (χ3n) is 3.50. The van der Waals surface area contributed by atoms with Crippen molar-refractivity contribution in [3.63, 3.8) is 0 Å². The summed E-state index contributed by atoms with van der Waals surface area (Å²) in [6.07, 6.45) is 1.88. The summed E-state index contributed by atoms with van der Waals surface area (Å²) >= 11 is 6.03. The number of aromatic nitrogens is 1. The van der Waals surface area contributed by atoms with E-state index in [2.05, 4.69) is 0 Å². The van der Waals surface area contributed by atoms with Gasteiger partial charge in [0.1, 0.15) is 11.6 Å². The highest BCUT2D eigenvalue weighted by molar-refractivity contribution is 6.31. The van der Waals surface area contributed by atoms with Gasteiger partial charge in [-0.05, 0) is 23.8 Å². The maximum Gasteiger partial charge on any atom is 0.131 e. The minimum absolute atomic E-state index is 0.295. The van der Waals surface area contributed by atoms with Gasteiger partial charge in [-0.2, -0.15) is 0 Å². The number of hydrogen-bond acceptors (Lipinski definition) is 1. The molecule has 0 atom stereocenters. The topological polar surface area (TPSA) is 30.9 Å². The summed E-state index contributed by atoms with van der Waals surface area (Å²) in [5, 5.41) is 1.59. The lowest BCUT2D eigenvalue weighted by molar-refractivity contribution is 0.567. The molecule has 1 heterocycles. The number of benzene rings is 2. The molecule has 0 aliphatic carbocycles. The van der Waals surface area contributed by atoms with Gasteiger partial charge in [-0.3, -0.25) is 0 Å². The quantitative estimate of drug-likeness (QED) is 0.776. The van der Waals surface area contributed by atoms with E-state index in [0.29, 0.717) is 23.7 Å². The van der Waals surface area contributed by atoms with Crippen LogP contribution in [0.2, 0.25) is 5.02 Å². The zero-order chi connectivity index (χ0) is 15.0. The summed E-state index contributed by atoms with van der Waals surface area (Å²) in [7, 11) is 0. The zero-order valence-electron chi connectivity index (χ0n) is 11.1. The van der Waals surface area contributed by atoms with Gasteiger partial charge in [0, 0.05) is 34.8 Å². The molecule has 0 aliphatic rings. The summed E-state index contributed by atoms with van der Waals surface area (Å²) in [5.74, 6) is -1.15. The molecule has 0 unspecified atom stereocenters. The van der Waals surface area contributed by atoms with Crippen molar-refractivity contribution in [1.29, 1.82) is 0 Å². The standard InChI is InChI=1S/C16H13ClF2N2/c17-12-2-4-14-11(7-20)9-21(16(14)5-12)8-10-1-3-13(18)6-15(10)19/h1-6,9H,7-8,20H2. The summed E-state index contributed by atoms with van der Waals surface area (Å²) in [4.78, 5) is 0. The molecule has 21 heavy (non-hydrogen) atoms. The molecule has 0 aliphatic heterocycles. The molecular weight excluding hydrogens is 294 g/mol. The highest BCUT2D eigenvalue weighted by atomic mass is 35.5. The number of hydrogen-bond donors (Lipinski definition) is 1. The molecule has 0 fully saturated rings. The second-order valence-corrected chi connectivity index (χ2v) is 5.32. The highest BCUT2D eigenvalue weighted by Gasteiger charge is 2.11. The lowest BCUT2D eigenvalue weighted by Gasteiger charge is -2.07. The molecule has 0 radical (unpaired) electrons. The maximum absolute atomic E-state index is 13.8. The molecular formula is C16H13ClF2N2. The number of nitrogens with two attached hydrogens (primary N) is 1. The largest absolute Gasteiger partial charge is 0.343 e. The average molecular weight is 307 g/mol. The van der Waals surface area contributed by atoms with Crippen LogP contribution >= 0.6 is 11.6 Å². The Morgan fingerprint density at radius 2 is 1.86 bits per heavy atom. The number of halogens is 3. The van der Waals surface area contributed by atoms with Gasteiger partial charge in [0.25, 0.3) is 0 Å². The molecule has 0 saturated carbocycles. The first-order valence-electron chi connectivity index (χ1n) is 6.50. The number of fused-ring (bicyclic) bond motifs is 1. The molecule has 3 aromatic rings. The van der Waals surface area contributed by atoms with E-state index in [9.17, 15) is 8.78 Å². The Morgan fingerprint density at radius 3 is 2.57 bits per heavy atom. The molecule has 108 valence electrons. The Labute approximate surface area is 125 Å². The Hall–Kier alpha value is -1.91. The lowest BCUT2D eigenvalue weighted by atomic mass is 10.2. The van der Waals surface area contributed by atoms with Crippen LogP contribution in [0.4, 0.5) is 8.78 Å². The van der Waals surface area contributed by atoms with Gasteiger partial charge in [0.2, 0.25) is 0 Å². The van der Waals surface area contributed by atoms with Crippen LogP contribution in [-0.2, 0) is 13.1 Å². The van der Waals surface area contributed by atoms with Crippen LogP contribution in [0.1, 0.15) is 11.1 Å². The Balaban J connectivity index is 2.09. The molecule has 2 aromatic carbocycles. The second-order valence-electron chi connectivity index (χ2n) is 4.88. The fraction of sp³-hybridized carbons (Fsp3) is 0.125. The van der Waals surface area contributed by atoms with Crippen molar-refractivity contribution >= 4 is 22.5 Å². The zero-order valence-corrected chi connectivity index (χ0v) is 11.9. The Kier molecular flexibility index (Phi) is 3.66. The fourth-order valence-electron chi connectivity index (χ4n) is 2.47. The van der Waals surface area contributed by atoms with E-state index < -0.39 is 11.6 Å². The molecule has 3 rings (SSSR count). The van der Waals surface area contributed by atoms with Crippen LogP contribution in [0, 0.1) is 11.6 Å². The Morgan fingerprint density at radius 1 is 1.05 bits per heavy atom. The van der Waals surface area contributed by atoms with Crippen molar-refractivity contribution in [2.45, 2.75) is 13.1 Å². The molecule has 0 bridgehead atoms. The SMILES string of the molecule is NCc1cn(Cc2ccc(F)cc2F)c2cc(Cl)ccc12. The third kappa shape index (κ3) is 2.64. The van der Waals surface area contributed by atoms with Crippen molar-refractivity contribution in [3.8, 4) is 0 Å². The van der Waals surface area contributed by atoms with E-state index >= 15 is 0 Å². The van der Waals surface area contributed by atoms with E-state index in [0.717, 1.165) is 22.5 Å². The summed E-state index contributed by atoms with van der Waals surface area (Å²) in [6.45, 7) is 0.681. The first kappa shape index (κ1) is 14.0. The van der Waals surface area contributed by atoms with Gasteiger partial charge in [-0.1, -0.05) is 23.7 Å². The van der Waals surface area contributed by atoms with Gasteiger partial charge >= 0.3 is 0 Å². The number of rotatable bonds is 3. The van der Waals surface area contributed by atoms with Gasteiger partial charge in [0.05, 0.1) is 12.1 Å². The maximum atomic E-state index is 13.8. The van der Waals surface area contributed by atoms with Crippen molar-refractivity contribution in [2.24, 2.45) is 5.73 Å². The summed E-state index contributed by atoms with van der Waals surface area (Å²) < 4.78 is 28.6. The molecule has 1 aromatic heterocycles. The fourth-order valence-corrected chi connectivity index (χ4v) is 2.63. The van der Waals surface area contributed by atoms with Crippen molar-refractivity contribution in [3.05, 3.63) is 70.4 Å². The van der Waals surface area contributed by atoms with Crippen LogP contribution in [0.3, 0.4) is 0 Å². The van der Waals surface area contributed by atoms with Crippen LogP contribution in [0.5, 0.6) is 0 Å². The van der Waals surface area contributed by atoms with E-state index in [1.54, 1.807) is 6.07 Å². The normalized spacial score (nSPS) is 11.2. The predicted octanol–water partition coefficient (Wildman–Crippen LogP) is 4.08. The minimum atomic E-state index is -0.584. The molecule has 2 nitrogen and oxygen atoms in total. The molecule has 2 N–H and O–H groups in total. The van der Waals surface area contributed by atoms with Crippen LogP contribution in [0.15, 0.2) is 42.6 Å². The average Bonchev–Trinajstić information content (AvgIpc) is 2.79. The first-order chi connectivity index (χ1) is 10.1. The van der Waals surface area contributed by atoms with Crippen LogP contribution in [0.25, 0.3) is 10.9 Å². The predicted molar refractivity (Wildman–Crippen MR) is 80.3 cm³/mol. The lowest BCUT2D eigenvalue weighted by Crippen LogP contribution is -2.01. The van der Waals surface area contributed by atoms with Crippen molar-refractivity contribution in [2.75, 3.05) is 0 Å². The molecule has 5 heteroatoms. The molecule has 0 amide bonds. The van der Waals surface area contributed by atoms with E-state index in [4.69, 9.17) is 17.3 Å². The first-order valence-corrected chi connectivity index (χ1v) is 6.87. The van der Waals surface area contributed by atoms with E-state index in [1.165, 1.54) is 12.1 Å². The van der Waals surface area contributed by atoms with E-state index in [-0.39, 0.29) is 0 Å². The van der Waals surface area contributed by atoms with Gasteiger partial charge in [0.15, 0.2) is 0 Å². The Bertz CT molecular complexity index is 811. The second kappa shape index (κ2) is 5.47. The molecule has 0 saturated heterocycles. The smallest absolute Gasteiger partial charge is 0.131 e. The highest BCUT2D eigenvalue weighted by Crippen LogP contribution is 2.26. The monoisotopic (exact) mass is 306 g/mol. The third-order valence-corrected chi connectivity index (χ3v) is 3.74. The van der Waals surface area contributed by atoms with Gasteiger partial charge < -0.3 is 10.3 Å². The minimum Gasteiger partial charge on any atom is -0.343 e. The molecule has 0 spiro atoms.